The van der Waals surface area contributed by atoms with Crippen molar-refractivity contribution in [3.8, 4) is 11.5 Å². The third-order valence-electron chi connectivity index (χ3n) is 5.18. The number of hydrogen-bond donors (Lipinski definition) is 0. The Balaban J connectivity index is 1.93. The second-order valence-electron chi connectivity index (χ2n) is 6.84. The van der Waals surface area contributed by atoms with Gasteiger partial charge >= 0.3 is 5.97 Å². The van der Waals surface area contributed by atoms with Crippen molar-refractivity contribution >= 4 is 11.9 Å². The standard InChI is InChI=1S/C22H24FNO5/c1-27-19-11-15-8-9-24(21(25)10-14-4-6-16(23)7-5-14)18(13-22(26)29-3)17(15)12-20(19)28-2/h4-7,11-12,18H,8-10,13H2,1-3H3/t18-/m0/s1. The van der Waals surface area contributed by atoms with Crippen LogP contribution in [0.25, 0.3) is 0 Å². The molecule has 0 aromatic heterocycles. The van der Waals surface area contributed by atoms with Crippen LogP contribution in [0.1, 0.15) is 29.2 Å². The highest BCUT2D eigenvalue weighted by Gasteiger charge is 2.33. The third-order valence-corrected chi connectivity index (χ3v) is 5.18. The molecule has 0 radical (unpaired) electrons. The molecule has 1 amide bonds. The van der Waals surface area contributed by atoms with Crippen LogP contribution in [-0.2, 0) is 27.2 Å². The predicted octanol–water partition coefficient (Wildman–Crippen LogP) is 3.07. The van der Waals surface area contributed by atoms with Gasteiger partial charge in [0.1, 0.15) is 5.82 Å². The molecule has 0 saturated heterocycles. The van der Waals surface area contributed by atoms with E-state index in [9.17, 15) is 14.0 Å². The van der Waals surface area contributed by atoms with Gasteiger partial charge in [-0.3, -0.25) is 9.59 Å². The Labute approximate surface area is 169 Å². The van der Waals surface area contributed by atoms with Gasteiger partial charge in [0, 0.05) is 6.54 Å². The van der Waals surface area contributed by atoms with Gasteiger partial charge < -0.3 is 19.1 Å². The Morgan fingerprint density at radius 1 is 1.07 bits per heavy atom. The quantitative estimate of drug-likeness (QED) is 0.696. The Morgan fingerprint density at radius 3 is 2.34 bits per heavy atom. The summed E-state index contributed by atoms with van der Waals surface area (Å²) >= 11 is 0. The highest BCUT2D eigenvalue weighted by Crippen LogP contribution is 2.39. The molecule has 1 heterocycles. The van der Waals surface area contributed by atoms with E-state index in [-0.39, 0.29) is 24.6 Å². The molecule has 0 fully saturated rings. The lowest BCUT2D eigenvalue weighted by Crippen LogP contribution is -2.42. The van der Waals surface area contributed by atoms with Crippen molar-refractivity contribution in [1.82, 2.24) is 4.90 Å². The molecule has 0 bridgehead atoms. The molecule has 2 aromatic carbocycles. The minimum absolute atomic E-state index is 0.0359. The molecule has 0 spiro atoms. The molecular weight excluding hydrogens is 377 g/mol. The summed E-state index contributed by atoms with van der Waals surface area (Å²) in [5, 5.41) is 0. The highest BCUT2D eigenvalue weighted by atomic mass is 19.1. The molecule has 6 nitrogen and oxygen atoms in total. The second kappa shape index (κ2) is 8.94. The molecule has 1 aliphatic rings. The maximum Gasteiger partial charge on any atom is 0.307 e. The molecule has 0 saturated carbocycles. The van der Waals surface area contributed by atoms with Gasteiger partial charge in [-0.2, -0.15) is 0 Å². The van der Waals surface area contributed by atoms with Gasteiger partial charge in [0.2, 0.25) is 5.91 Å². The maximum absolute atomic E-state index is 13.2. The average molecular weight is 401 g/mol. The van der Waals surface area contributed by atoms with Crippen molar-refractivity contribution in [3.63, 3.8) is 0 Å². The minimum Gasteiger partial charge on any atom is -0.493 e. The maximum atomic E-state index is 13.2. The summed E-state index contributed by atoms with van der Waals surface area (Å²) in [6.45, 7) is 0.462. The number of carbonyl (C=O) groups excluding carboxylic acids is 2. The summed E-state index contributed by atoms with van der Waals surface area (Å²) < 4.78 is 28.8. The molecule has 7 heteroatoms. The van der Waals surface area contributed by atoms with E-state index in [2.05, 4.69) is 0 Å². The Hall–Kier alpha value is -3.09. The number of amides is 1. The van der Waals surface area contributed by atoms with Gasteiger partial charge in [0.25, 0.3) is 0 Å². The first-order valence-electron chi connectivity index (χ1n) is 9.32. The van der Waals surface area contributed by atoms with E-state index in [0.717, 1.165) is 11.1 Å². The fraction of sp³-hybridized carbons (Fsp3) is 0.364. The lowest BCUT2D eigenvalue weighted by atomic mass is 9.89. The van der Waals surface area contributed by atoms with Gasteiger partial charge in [0.05, 0.1) is 40.2 Å². The lowest BCUT2D eigenvalue weighted by Gasteiger charge is -2.37. The number of carbonyl (C=O) groups is 2. The second-order valence-corrected chi connectivity index (χ2v) is 6.84. The number of nitrogens with zero attached hydrogens (tertiary/aromatic N) is 1. The predicted molar refractivity (Wildman–Crippen MR) is 104 cm³/mol. The number of rotatable bonds is 6. The van der Waals surface area contributed by atoms with Gasteiger partial charge in [-0.25, -0.2) is 4.39 Å². The first-order valence-corrected chi connectivity index (χ1v) is 9.32. The van der Waals surface area contributed by atoms with Crippen LogP contribution in [-0.4, -0.2) is 44.7 Å². The summed E-state index contributed by atoms with van der Waals surface area (Å²) in [6.07, 6.45) is 0.789. The first-order chi connectivity index (χ1) is 14.0. The topological polar surface area (TPSA) is 65.1 Å². The summed E-state index contributed by atoms with van der Waals surface area (Å²) in [5.41, 5.74) is 2.56. The summed E-state index contributed by atoms with van der Waals surface area (Å²) in [7, 11) is 4.43. The monoisotopic (exact) mass is 401 g/mol. The summed E-state index contributed by atoms with van der Waals surface area (Å²) in [4.78, 5) is 26.8. The Bertz CT molecular complexity index is 897. The zero-order valence-electron chi connectivity index (χ0n) is 16.7. The van der Waals surface area contributed by atoms with Gasteiger partial charge in [-0.15, -0.1) is 0 Å². The number of hydrogen-bond acceptors (Lipinski definition) is 5. The van der Waals surface area contributed by atoms with Crippen molar-refractivity contribution < 1.29 is 28.2 Å². The number of ether oxygens (including phenoxy) is 3. The van der Waals surface area contributed by atoms with Crippen molar-refractivity contribution in [3.05, 3.63) is 58.9 Å². The van der Waals surface area contributed by atoms with E-state index in [1.165, 1.54) is 19.2 Å². The van der Waals surface area contributed by atoms with E-state index < -0.39 is 12.0 Å². The number of esters is 1. The van der Waals surface area contributed by atoms with Gasteiger partial charge in [-0.05, 0) is 47.4 Å². The first kappa shape index (κ1) is 20.6. The van der Waals surface area contributed by atoms with Crippen LogP contribution in [0.3, 0.4) is 0 Å². The molecule has 0 unspecified atom stereocenters. The van der Waals surface area contributed by atoms with E-state index in [1.807, 2.05) is 12.1 Å². The molecule has 0 aliphatic carbocycles. The van der Waals surface area contributed by atoms with Crippen molar-refractivity contribution in [2.24, 2.45) is 0 Å². The van der Waals surface area contributed by atoms with Crippen LogP contribution in [0, 0.1) is 5.82 Å². The third kappa shape index (κ3) is 4.50. The fourth-order valence-corrected chi connectivity index (χ4v) is 3.67. The van der Waals surface area contributed by atoms with Gasteiger partial charge in [-0.1, -0.05) is 12.1 Å². The van der Waals surface area contributed by atoms with Crippen LogP contribution < -0.4 is 9.47 Å². The SMILES string of the molecule is COC(=O)C[C@H]1c2cc(OC)c(OC)cc2CCN1C(=O)Cc1ccc(F)cc1. The van der Waals surface area contributed by atoms with Gasteiger partial charge in [0.15, 0.2) is 11.5 Å². The minimum atomic E-state index is -0.473. The number of fused-ring (bicyclic) bond motifs is 1. The van der Waals surface area contributed by atoms with Crippen LogP contribution in [0.2, 0.25) is 0 Å². The Kier molecular flexibility index (Phi) is 6.36. The molecule has 2 aromatic rings. The van der Waals surface area contributed by atoms with Crippen molar-refractivity contribution in [2.45, 2.75) is 25.3 Å². The fourth-order valence-electron chi connectivity index (χ4n) is 3.67. The normalized spacial score (nSPS) is 15.4. The molecule has 0 N–H and O–H groups in total. The van der Waals surface area contributed by atoms with E-state index in [4.69, 9.17) is 14.2 Å². The number of methoxy groups -OCH3 is 3. The number of benzene rings is 2. The molecule has 3 rings (SSSR count). The van der Waals surface area contributed by atoms with Crippen molar-refractivity contribution in [1.29, 1.82) is 0 Å². The molecule has 1 aliphatic heterocycles. The smallest absolute Gasteiger partial charge is 0.307 e. The summed E-state index contributed by atoms with van der Waals surface area (Å²) in [6, 6.07) is 9.08. The van der Waals surface area contributed by atoms with Crippen LogP contribution in [0.15, 0.2) is 36.4 Å². The van der Waals surface area contributed by atoms with E-state index in [1.54, 1.807) is 31.3 Å². The number of halogens is 1. The van der Waals surface area contributed by atoms with Crippen LogP contribution >= 0.6 is 0 Å². The zero-order valence-corrected chi connectivity index (χ0v) is 16.7. The highest BCUT2D eigenvalue weighted by molar-refractivity contribution is 5.81. The van der Waals surface area contributed by atoms with E-state index >= 15 is 0 Å². The molecule has 1 atom stereocenters. The average Bonchev–Trinajstić information content (AvgIpc) is 2.74. The van der Waals surface area contributed by atoms with Crippen molar-refractivity contribution in [2.75, 3.05) is 27.9 Å². The molecular formula is C22H24FNO5. The van der Waals surface area contributed by atoms with Crippen LogP contribution in [0.4, 0.5) is 4.39 Å². The van der Waals surface area contributed by atoms with Crippen LogP contribution in [0.5, 0.6) is 11.5 Å². The molecule has 154 valence electrons. The van der Waals surface area contributed by atoms with E-state index in [0.29, 0.717) is 30.0 Å². The molecule has 29 heavy (non-hydrogen) atoms. The largest absolute Gasteiger partial charge is 0.493 e. The summed E-state index contributed by atoms with van der Waals surface area (Å²) in [5.74, 6) is 0.254. The lowest BCUT2D eigenvalue weighted by molar-refractivity contribution is -0.144. The Morgan fingerprint density at radius 2 is 1.72 bits per heavy atom. The zero-order chi connectivity index (χ0) is 21.0.